The number of carboxylic acids is 1. The van der Waals surface area contributed by atoms with Crippen molar-refractivity contribution in [3.63, 3.8) is 0 Å². The predicted molar refractivity (Wildman–Crippen MR) is 105 cm³/mol. The second-order valence-corrected chi connectivity index (χ2v) is 8.16. The van der Waals surface area contributed by atoms with Crippen molar-refractivity contribution >= 4 is 5.97 Å². The van der Waals surface area contributed by atoms with Gasteiger partial charge in [-0.05, 0) is 25.7 Å². The van der Waals surface area contributed by atoms with Crippen molar-refractivity contribution in [1.82, 2.24) is 0 Å². The second-order valence-electron chi connectivity index (χ2n) is 8.16. The highest BCUT2D eigenvalue weighted by Gasteiger charge is 2.82. The van der Waals surface area contributed by atoms with Crippen LogP contribution in [0.1, 0.15) is 79.1 Å². The van der Waals surface area contributed by atoms with E-state index in [1.54, 1.807) is 0 Å². The van der Waals surface area contributed by atoms with Gasteiger partial charge in [0.2, 0.25) is 0 Å². The van der Waals surface area contributed by atoms with Gasteiger partial charge >= 0.3 is 23.9 Å². The standard InChI is InChI=1S/C16H36N.C5HF9O2/c1-5-9-13-17(14-10-6-2,15-11-7-3)16-12-8-4;6-2(7,1(15)16)3(8,9)4(10,11)5(12,13)14/h5-16H2,1-4H3;(H,15,16)/q+1;/p-1. The van der Waals surface area contributed by atoms with Crippen LogP contribution >= 0.6 is 0 Å². The van der Waals surface area contributed by atoms with Crippen LogP contribution in [0.5, 0.6) is 0 Å². The fraction of sp³-hybridized carbons (Fsp3) is 0.952. The Morgan fingerprint density at radius 1 is 0.606 bits per heavy atom. The smallest absolute Gasteiger partial charge is 0.460 e. The summed E-state index contributed by atoms with van der Waals surface area (Å²) in [5.41, 5.74) is 0. The van der Waals surface area contributed by atoms with Crippen LogP contribution in [0.3, 0.4) is 0 Å². The van der Waals surface area contributed by atoms with Crippen molar-refractivity contribution in [3.8, 4) is 0 Å². The molecule has 0 fully saturated rings. The van der Waals surface area contributed by atoms with E-state index in [1.165, 1.54) is 82.0 Å². The highest BCUT2D eigenvalue weighted by molar-refractivity contribution is 5.74. The number of aliphatic carboxylic acids is 1. The Hall–Kier alpha value is -1.20. The van der Waals surface area contributed by atoms with Crippen LogP contribution in [0.2, 0.25) is 0 Å². The summed E-state index contributed by atoms with van der Waals surface area (Å²) in [6.45, 7) is 15.0. The van der Waals surface area contributed by atoms with Gasteiger partial charge < -0.3 is 14.4 Å². The fourth-order valence-electron chi connectivity index (χ4n) is 3.15. The van der Waals surface area contributed by atoms with Gasteiger partial charge in [0, 0.05) is 0 Å². The van der Waals surface area contributed by atoms with Gasteiger partial charge in [-0.1, -0.05) is 53.4 Å². The third-order valence-corrected chi connectivity index (χ3v) is 5.35. The first-order valence-corrected chi connectivity index (χ1v) is 11.2. The Morgan fingerprint density at radius 3 is 1.06 bits per heavy atom. The number of rotatable bonds is 15. The van der Waals surface area contributed by atoms with Gasteiger partial charge in [-0.15, -0.1) is 0 Å². The van der Waals surface area contributed by atoms with E-state index >= 15 is 0 Å². The van der Waals surface area contributed by atoms with Crippen LogP contribution in [0.4, 0.5) is 39.5 Å². The lowest BCUT2D eigenvalue weighted by Gasteiger charge is -2.39. The number of alkyl halides is 9. The average Bonchev–Trinajstić information content (AvgIpc) is 2.72. The van der Waals surface area contributed by atoms with E-state index in [9.17, 15) is 49.4 Å². The summed E-state index contributed by atoms with van der Waals surface area (Å²) in [7, 11) is 0. The molecule has 0 radical (unpaired) electrons. The van der Waals surface area contributed by atoms with Gasteiger partial charge in [-0.25, -0.2) is 0 Å². The number of unbranched alkanes of at least 4 members (excludes halogenated alkanes) is 4. The molecule has 0 rings (SSSR count). The maximum absolute atomic E-state index is 12.1. The van der Waals surface area contributed by atoms with Gasteiger partial charge in [0.25, 0.3) is 0 Å². The summed E-state index contributed by atoms with van der Waals surface area (Å²) in [6.07, 6.45) is 4.03. The van der Waals surface area contributed by atoms with Crippen LogP contribution in [-0.4, -0.2) is 60.6 Å². The van der Waals surface area contributed by atoms with Crippen LogP contribution in [0.15, 0.2) is 0 Å². The Kier molecular flexibility index (Phi) is 14.7. The molecule has 0 aromatic heterocycles. The molecule has 0 unspecified atom stereocenters. The predicted octanol–water partition coefficient (Wildman–Crippen LogP) is 6.21. The Balaban J connectivity index is 0. The van der Waals surface area contributed by atoms with E-state index in [2.05, 4.69) is 27.7 Å². The van der Waals surface area contributed by atoms with E-state index in [1.807, 2.05) is 0 Å². The number of quaternary nitrogens is 1. The van der Waals surface area contributed by atoms with Crippen molar-refractivity contribution in [2.75, 3.05) is 26.2 Å². The number of hydrogen-bond acceptors (Lipinski definition) is 2. The van der Waals surface area contributed by atoms with Crippen molar-refractivity contribution < 1.29 is 53.9 Å². The van der Waals surface area contributed by atoms with Crippen molar-refractivity contribution in [1.29, 1.82) is 0 Å². The summed E-state index contributed by atoms with van der Waals surface area (Å²) < 4.78 is 107. The molecule has 0 heterocycles. The third kappa shape index (κ3) is 9.52. The maximum atomic E-state index is 12.1. The van der Waals surface area contributed by atoms with E-state index in [0.29, 0.717) is 0 Å². The van der Waals surface area contributed by atoms with Crippen LogP contribution in [0.25, 0.3) is 0 Å². The molecule has 0 aliphatic rings. The monoisotopic (exact) mass is 505 g/mol. The number of halogens is 9. The molecule has 0 spiro atoms. The molecular formula is C21H36F9NO2. The number of carbonyl (C=O) groups is 1. The fourth-order valence-corrected chi connectivity index (χ4v) is 3.15. The Morgan fingerprint density at radius 2 is 0.879 bits per heavy atom. The SMILES string of the molecule is CCCC[N+](CCCC)(CCCC)CCCC.O=C([O-])C(F)(F)C(F)(F)C(F)(F)C(F)(F)F. The molecule has 0 aromatic carbocycles. The van der Waals surface area contributed by atoms with Gasteiger partial charge in [-0.3, -0.25) is 0 Å². The average molecular weight is 506 g/mol. The third-order valence-electron chi connectivity index (χ3n) is 5.35. The molecule has 200 valence electrons. The molecule has 12 heteroatoms. The van der Waals surface area contributed by atoms with Crippen LogP contribution in [-0.2, 0) is 4.79 Å². The lowest BCUT2D eigenvalue weighted by Crippen LogP contribution is -2.65. The van der Waals surface area contributed by atoms with Crippen LogP contribution < -0.4 is 5.11 Å². The highest BCUT2D eigenvalue weighted by atomic mass is 19.4. The first-order valence-electron chi connectivity index (χ1n) is 11.2. The second kappa shape index (κ2) is 14.3. The minimum absolute atomic E-state index is 1.35. The summed E-state index contributed by atoms with van der Waals surface area (Å²) in [5.74, 6) is -25.1. The highest BCUT2D eigenvalue weighted by Crippen LogP contribution is 2.52. The van der Waals surface area contributed by atoms with E-state index < -0.39 is 29.9 Å². The largest absolute Gasteiger partial charge is 0.544 e. The number of hydrogen-bond donors (Lipinski definition) is 0. The summed E-state index contributed by atoms with van der Waals surface area (Å²) in [5, 5.41) is 9.40. The molecule has 3 nitrogen and oxygen atoms in total. The molecule has 0 aliphatic heterocycles. The molecule has 0 atom stereocenters. The molecule has 0 amide bonds. The lowest BCUT2D eigenvalue weighted by molar-refractivity contribution is -0.929. The zero-order valence-electron chi connectivity index (χ0n) is 19.7. The molecular weight excluding hydrogens is 469 g/mol. The van der Waals surface area contributed by atoms with Crippen molar-refractivity contribution in [2.45, 2.75) is 103 Å². The molecule has 0 N–H and O–H groups in total. The Bertz CT molecular complexity index is 515. The number of carbonyl (C=O) groups excluding carboxylic acids is 1. The minimum atomic E-state index is -7.20. The quantitative estimate of drug-likeness (QED) is 0.196. The summed E-state index contributed by atoms with van der Waals surface area (Å²) in [6, 6.07) is 0. The first kappa shape index (κ1) is 34.0. The molecule has 0 saturated carbocycles. The van der Waals surface area contributed by atoms with E-state index in [0.717, 1.165) is 0 Å². The number of carboxylic acid groups (broad SMARTS) is 1. The topological polar surface area (TPSA) is 40.1 Å². The van der Waals surface area contributed by atoms with Crippen molar-refractivity contribution in [3.05, 3.63) is 0 Å². The van der Waals surface area contributed by atoms with Gasteiger partial charge in [-0.2, -0.15) is 39.5 Å². The van der Waals surface area contributed by atoms with E-state index in [-0.39, 0.29) is 0 Å². The molecule has 0 aliphatic carbocycles. The molecule has 33 heavy (non-hydrogen) atoms. The normalized spacial score (nSPS) is 13.5. The van der Waals surface area contributed by atoms with Gasteiger partial charge in [0.05, 0.1) is 26.2 Å². The van der Waals surface area contributed by atoms with Crippen molar-refractivity contribution in [2.24, 2.45) is 0 Å². The molecule has 0 bridgehead atoms. The summed E-state index contributed by atoms with van der Waals surface area (Å²) >= 11 is 0. The van der Waals surface area contributed by atoms with Gasteiger partial charge in [0.15, 0.2) is 0 Å². The molecule has 0 aromatic rings. The van der Waals surface area contributed by atoms with E-state index in [4.69, 9.17) is 0 Å². The first-order chi connectivity index (χ1) is 14.9. The van der Waals surface area contributed by atoms with Gasteiger partial charge in [0.1, 0.15) is 5.97 Å². The lowest BCUT2D eigenvalue weighted by atomic mass is 10.0. The molecule has 0 saturated heterocycles. The zero-order valence-corrected chi connectivity index (χ0v) is 19.7. The Labute approximate surface area is 189 Å². The maximum Gasteiger partial charge on any atom is 0.460 e. The summed E-state index contributed by atoms with van der Waals surface area (Å²) in [4.78, 5) is 9.40. The zero-order chi connectivity index (χ0) is 26.6. The minimum Gasteiger partial charge on any atom is -0.544 e. The number of nitrogens with zero attached hydrogens (tertiary/aromatic N) is 1. The van der Waals surface area contributed by atoms with Crippen LogP contribution in [0, 0.1) is 0 Å².